The topological polar surface area (TPSA) is 45.5 Å². The van der Waals surface area contributed by atoms with E-state index >= 15 is 0 Å². The molecule has 4 rings (SSSR count). The lowest BCUT2D eigenvalue weighted by Gasteiger charge is -2.30. The van der Waals surface area contributed by atoms with Crippen molar-refractivity contribution in [3.63, 3.8) is 0 Å². The van der Waals surface area contributed by atoms with E-state index in [1.165, 1.54) is 11.1 Å². The Hall–Kier alpha value is -2.75. The molecule has 116 valence electrons. The molecule has 4 nitrogen and oxygen atoms in total. The Morgan fingerprint density at radius 2 is 1.87 bits per heavy atom. The van der Waals surface area contributed by atoms with Crippen LogP contribution in [-0.2, 0) is 20.0 Å². The minimum Gasteiger partial charge on any atom is -0.477 e. The minimum atomic E-state index is -0.892. The molecule has 1 aliphatic heterocycles. The lowest BCUT2D eigenvalue weighted by Crippen LogP contribution is -2.30. The number of carboxylic acid groups (broad SMARTS) is 1. The van der Waals surface area contributed by atoms with Crippen LogP contribution in [0.4, 0.5) is 5.69 Å². The van der Waals surface area contributed by atoms with E-state index < -0.39 is 5.97 Å². The minimum absolute atomic E-state index is 0.320. The highest BCUT2D eigenvalue weighted by Crippen LogP contribution is 2.28. The summed E-state index contributed by atoms with van der Waals surface area (Å²) in [7, 11) is 1.79. The van der Waals surface area contributed by atoms with Crippen LogP contribution in [-0.4, -0.2) is 22.2 Å². The molecule has 0 radical (unpaired) electrons. The maximum absolute atomic E-state index is 11.3. The standard InChI is InChI=1S/C19H18N2O2/c1-20-17-7-6-16(10-15(17)11-18(20)19(22)23)21-9-8-13-4-2-3-5-14(13)12-21/h2-7,10-11H,8-9,12H2,1H3,(H,22,23). The van der Waals surface area contributed by atoms with Gasteiger partial charge in [-0.1, -0.05) is 24.3 Å². The second kappa shape index (κ2) is 5.16. The smallest absolute Gasteiger partial charge is 0.352 e. The first-order valence-electron chi connectivity index (χ1n) is 7.78. The molecule has 0 saturated carbocycles. The largest absolute Gasteiger partial charge is 0.477 e. The van der Waals surface area contributed by atoms with Crippen LogP contribution >= 0.6 is 0 Å². The summed E-state index contributed by atoms with van der Waals surface area (Å²) in [4.78, 5) is 13.6. The average Bonchev–Trinajstić information content (AvgIpc) is 2.91. The fourth-order valence-corrected chi connectivity index (χ4v) is 3.45. The van der Waals surface area contributed by atoms with Gasteiger partial charge in [-0.3, -0.25) is 0 Å². The predicted octanol–water partition coefficient (Wildman–Crippen LogP) is 3.44. The molecule has 2 aromatic carbocycles. The van der Waals surface area contributed by atoms with Crippen molar-refractivity contribution in [2.45, 2.75) is 13.0 Å². The third-order valence-corrected chi connectivity index (χ3v) is 4.74. The van der Waals surface area contributed by atoms with Gasteiger partial charge < -0.3 is 14.6 Å². The molecule has 23 heavy (non-hydrogen) atoms. The lowest BCUT2D eigenvalue weighted by molar-refractivity contribution is 0.0687. The first-order chi connectivity index (χ1) is 11.1. The molecule has 1 N–H and O–H groups in total. The van der Waals surface area contributed by atoms with Crippen molar-refractivity contribution < 1.29 is 9.90 Å². The number of aromatic nitrogens is 1. The van der Waals surface area contributed by atoms with E-state index in [0.717, 1.165) is 36.1 Å². The van der Waals surface area contributed by atoms with Gasteiger partial charge in [0.05, 0.1) is 0 Å². The number of nitrogens with zero attached hydrogens (tertiary/aromatic N) is 2. The Kier molecular flexibility index (Phi) is 3.11. The molecule has 1 aliphatic rings. The van der Waals surface area contributed by atoms with Gasteiger partial charge in [-0.2, -0.15) is 0 Å². The third-order valence-electron chi connectivity index (χ3n) is 4.74. The van der Waals surface area contributed by atoms with Crippen molar-refractivity contribution in [3.8, 4) is 0 Å². The van der Waals surface area contributed by atoms with Crippen LogP contribution in [0.25, 0.3) is 10.9 Å². The predicted molar refractivity (Wildman–Crippen MR) is 91.1 cm³/mol. The van der Waals surface area contributed by atoms with E-state index in [-0.39, 0.29) is 0 Å². The van der Waals surface area contributed by atoms with Crippen molar-refractivity contribution in [2.75, 3.05) is 11.4 Å². The van der Waals surface area contributed by atoms with Crippen LogP contribution < -0.4 is 4.90 Å². The molecule has 4 heteroatoms. The average molecular weight is 306 g/mol. The molecule has 0 atom stereocenters. The summed E-state index contributed by atoms with van der Waals surface area (Å²) in [6.07, 6.45) is 1.05. The van der Waals surface area contributed by atoms with E-state index in [0.29, 0.717) is 5.69 Å². The summed E-state index contributed by atoms with van der Waals surface area (Å²) in [5.74, 6) is -0.892. The number of rotatable bonds is 2. The molecule has 0 amide bonds. The first kappa shape index (κ1) is 13.9. The number of benzene rings is 2. The third kappa shape index (κ3) is 2.27. The highest BCUT2D eigenvalue weighted by molar-refractivity contribution is 5.95. The number of fused-ring (bicyclic) bond motifs is 2. The molecule has 2 heterocycles. The van der Waals surface area contributed by atoms with Gasteiger partial charge in [0.2, 0.25) is 0 Å². The fourth-order valence-electron chi connectivity index (χ4n) is 3.45. The van der Waals surface area contributed by atoms with Crippen LogP contribution in [0.5, 0.6) is 0 Å². The first-order valence-corrected chi connectivity index (χ1v) is 7.78. The Morgan fingerprint density at radius 3 is 2.65 bits per heavy atom. The molecular weight excluding hydrogens is 288 g/mol. The molecule has 1 aromatic heterocycles. The zero-order valence-corrected chi connectivity index (χ0v) is 13.0. The van der Waals surface area contributed by atoms with Crippen LogP contribution in [0.15, 0.2) is 48.5 Å². The molecule has 3 aromatic rings. The maximum atomic E-state index is 11.3. The Morgan fingerprint density at radius 1 is 1.09 bits per heavy atom. The molecule has 0 aliphatic carbocycles. The number of aromatic carboxylic acids is 1. The number of carboxylic acids is 1. The number of hydrogen-bond donors (Lipinski definition) is 1. The Bertz CT molecular complexity index is 911. The van der Waals surface area contributed by atoms with Crippen LogP contribution in [0, 0.1) is 0 Å². The van der Waals surface area contributed by atoms with Crippen molar-refractivity contribution in [2.24, 2.45) is 7.05 Å². The van der Waals surface area contributed by atoms with Crippen LogP contribution in [0.3, 0.4) is 0 Å². The quantitative estimate of drug-likeness (QED) is 0.789. The summed E-state index contributed by atoms with van der Waals surface area (Å²) in [6, 6.07) is 16.5. The zero-order valence-electron chi connectivity index (χ0n) is 13.0. The van der Waals surface area contributed by atoms with Crippen LogP contribution in [0.2, 0.25) is 0 Å². The van der Waals surface area contributed by atoms with E-state index in [2.05, 4.69) is 41.3 Å². The Labute approximate surface area is 134 Å². The van der Waals surface area contributed by atoms with Gasteiger partial charge in [-0.15, -0.1) is 0 Å². The highest BCUT2D eigenvalue weighted by Gasteiger charge is 2.18. The molecule has 0 unspecified atom stereocenters. The molecule has 0 saturated heterocycles. The van der Waals surface area contributed by atoms with Gasteiger partial charge in [0.15, 0.2) is 0 Å². The number of hydrogen-bond acceptors (Lipinski definition) is 2. The summed E-state index contributed by atoms with van der Waals surface area (Å²) in [5, 5.41) is 10.2. The molecular formula is C19H18N2O2. The van der Waals surface area contributed by atoms with Gasteiger partial charge in [0, 0.05) is 36.7 Å². The van der Waals surface area contributed by atoms with Gasteiger partial charge in [-0.25, -0.2) is 4.79 Å². The van der Waals surface area contributed by atoms with E-state index in [4.69, 9.17) is 0 Å². The van der Waals surface area contributed by atoms with E-state index in [1.807, 2.05) is 6.07 Å². The second-order valence-electron chi connectivity index (χ2n) is 6.08. The summed E-state index contributed by atoms with van der Waals surface area (Å²) in [6.45, 7) is 1.89. The van der Waals surface area contributed by atoms with E-state index in [9.17, 15) is 9.90 Å². The second-order valence-corrected chi connectivity index (χ2v) is 6.08. The lowest BCUT2D eigenvalue weighted by atomic mass is 9.99. The van der Waals surface area contributed by atoms with Gasteiger partial charge in [-0.05, 0) is 41.8 Å². The maximum Gasteiger partial charge on any atom is 0.352 e. The monoisotopic (exact) mass is 306 g/mol. The normalized spacial score (nSPS) is 14.0. The SMILES string of the molecule is Cn1c(C(=O)O)cc2cc(N3CCc4ccccc4C3)ccc21. The molecule has 0 fully saturated rings. The van der Waals surface area contributed by atoms with E-state index in [1.54, 1.807) is 17.7 Å². The summed E-state index contributed by atoms with van der Waals surface area (Å²) >= 11 is 0. The fraction of sp³-hybridized carbons (Fsp3) is 0.211. The van der Waals surface area contributed by atoms with Crippen molar-refractivity contribution in [1.82, 2.24) is 4.57 Å². The number of aryl methyl sites for hydroxylation is 1. The van der Waals surface area contributed by atoms with Gasteiger partial charge in [0.25, 0.3) is 0 Å². The summed E-state index contributed by atoms with van der Waals surface area (Å²) < 4.78 is 1.73. The zero-order chi connectivity index (χ0) is 16.0. The highest BCUT2D eigenvalue weighted by atomic mass is 16.4. The molecule has 0 bridgehead atoms. The summed E-state index contributed by atoms with van der Waals surface area (Å²) in [5.41, 5.74) is 5.22. The van der Waals surface area contributed by atoms with Crippen molar-refractivity contribution in [1.29, 1.82) is 0 Å². The van der Waals surface area contributed by atoms with Gasteiger partial charge >= 0.3 is 5.97 Å². The van der Waals surface area contributed by atoms with Crippen molar-refractivity contribution >= 4 is 22.6 Å². The molecule has 0 spiro atoms. The van der Waals surface area contributed by atoms with Gasteiger partial charge in [0.1, 0.15) is 5.69 Å². The number of anilines is 1. The Balaban J connectivity index is 1.72. The number of carbonyl (C=O) groups is 1. The van der Waals surface area contributed by atoms with Crippen molar-refractivity contribution in [3.05, 3.63) is 65.4 Å². The van der Waals surface area contributed by atoms with Crippen LogP contribution in [0.1, 0.15) is 21.6 Å².